The van der Waals surface area contributed by atoms with Gasteiger partial charge in [-0.2, -0.15) is 0 Å². The number of hydrogen-bond acceptors (Lipinski definition) is 5. The lowest BCUT2D eigenvalue weighted by molar-refractivity contribution is 0.0698. The van der Waals surface area contributed by atoms with E-state index in [4.69, 9.17) is 30.5 Å². The van der Waals surface area contributed by atoms with Gasteiger partial charge in [-0.1, -0.05) is 11.6 Å². The second-order valence-electron chi connectivity index (χ2n) is 5.68. The molecular weight excluding hydrogens is 485 g/mol. The summed E-state index contributed by atoms with van der Waals surface area (Å²) in [6, 6.07) is 3.79. The van der Waals surface area contributed by atoms with Crippen molar-refractivity contribution in [3.8, 4) is 11.5 Å². The molecule has 2 rings (SSSR count). The van der Waals surface area contributed by atoms with Crippen molar-refractivity contribution in [3.63, 3.8) is 0 Å². The van der Waals surface area contributed by atoms with Gasteiger partial charge >= 0.3 is 0 Å². The molecule has 9 heteroatoms. The molecule has 0 spiro atoms. The highest BCUT2D eigenvalue weighted by atomic mass is 127. The van der Waals surface area contributed by atoms with E-state index in [0.29, 0.717) is 56.1 Å². The second kappa shape index (κ2) is 14.1. The van der Waals surface area contributed by atoms with Gasteiger partial charge in [0.25, 0.3) is 0 Å². The lowest BCUT2D eigenvalue weighted by Crippen LogP contribution is -2.38. The smallest absolute Gasteiger partial charge is 0.191 e. The molecule has 0 saturated carbocycles. The van der Waals surface area contributed by atoms with Gasteiger partial charge in [0, 0.05) is 26.8 Å². The van der Waals surface area contributed by atoms with Crippen molar-refractivity contribution < 1.29 is 18.9 Å². The molecule has 1 aromatic carbocycles. The zero-order valence-electron chi connectivity index (χ0n) is 15.9. The number of nitrogens with one attached hydrogen (secondary N) is 2. The first-order chi connectivity index (χ1) is 12.7. The third kappa shape index (κ3) is 8.71. The van der Waals surface area contributed by atoms with Crippen LogP contribution >= 0.6 is 35.6 Å². The van der Waals surface area contributed by atoms with Gasteiger partial charge in [-0.05, 0) is 31.0 Å². The number of ether oxygens (including phenoxy) is 4. The minimum Gasteiger partial charge on any atom is -0.486 e. The van der Waals surface area contributed by atoms with Crippen LogP contribution in [0.4, 0.5) is 0 Å². The van der Waals surface area contributed by atoms with E-state index in [-0.39, 0.29) is 24.0 Å². The lowest BCUT2D eigenvalue weighted by atomic mass is 10.2. The summed E-state index contributed by atoms with van der Waals surface area (Å²) in [5.41, 5.74) is 0.972. The van der Waals surface area contributed by atoms with Crippen LogP contribution < -0.4 is 20.1 Å². The van der Waals surface area contributed by atoms with E-state index in [2.05, 4.69) is 15.6 Å². The summed E-state index contributed by atoms with van der Waals surface area (Å²) in [6.45, 7) is 7.08. The Bertz CT molecular complexity index is 590. The van der Waals surface area contributed by atoms with Crippen LogP contribution in [0.2, 0.25) is 5.02 Å². The van der Waals surface area contributed by atoms with Crippen molar-refractivity contribution in [2.45, 2.75) is 19.9 Å². The summed E-state index contributed by atoms with van der Waals surface area (Å²) < 4.78 is 21.5. The Morgan fingerprint density at radius 2 is 2.00 bits per heavy atom. The third-order valence-electron chi connectivity index (χ3n) is 3.61. The van der Waals surface area contributed by atoms with Crippen LogP contribution in [0, 0.1) is 0 Å². The minimum absolute atomic E-state index is 0. The van der Waals surface area contributed by atoms with Crippen molar-refractivity contribution in [2.24, 2.45) is 4.99 Å². The summed E-state index contributed by atoms with van der Waals surface area (Å²) in [4.78, 5) is 4.60. The monoisotopic (exact) mass is 513 g/mol. The number of fused-ring (bicyclic) bond motifs is 1. The molecule has 7 nitrogen and oxygen atoms in total. The fourth-order valence-corrected chi connectivity index (χ4v) is 2.68. The standard InChI is InChI=1S/C18H28ClN3O4.HI/c1-3-20-18(21-5-4-6-24-8-7-23-2)22-13-14-11-15(19)17-16(12-14)25-9-10-26-17;/h11-12H,3-10,13H2,1-2H3,(H2,20,21,22);1H. The summed E-state index contributed by atoms with van der Waals surface area (Å²) in [6.07, 6.45) is 0.893. The summed E-state index contributed by atoms with van der Waals surface area (Å²) >= 11 is 6.27. The van der Waals surface area contributed by atoms with E-state index in [1.807, 2.05) is 19.1 Å². The molecule has 27 heavy (non-hydrogen) atoms. The molecule has 0 fully saturated rings. The molecule has 154 valence electrons. The van der Waals surface area contributed by atoms with Crippen LogP contribution in [-0.4, -0.2) is 59.2 Å². The van der Waals surface area contributed by atoms with Crippen LogP contribution in [0.5, 0.6) is 11.5 Å². The number of aliphatic imine (C=N–C) groups is 1. The van der Waals surface area contributed by atoms with Crippen LogP contribution in [-0.2, 0) is 16.0 Å². The van der Waals surface area contributed by atoms with Gasteiger partial charge in [0.1, 0.15) is 13.2 Å². The molecular formula is C18H29ClIN3O4. The quantitative estimate of drug-likeness (QED) is 0.217. The van der Waals surface area contributed by atoms with E-state index < -0.39 is 0 Å². The number of methoxy groups -OCH3 is 1. The zero-order chi connectivity index (χ0) is 18.6. The molecule has 1 heterocycles. The molecule has 1 aromatic rings. The highest BCUT2D eigenvalue weighted by Crippen LogP contribution is 2.38. The number of nitrogens with zero attached hydrogens (tertiary/aromatic N) is 1. The van der Waals surface area contributed by atoms with Crippen molar-refractivity contribution in [3.05, 3.63) is 22.7 Å². The molecule has 0 unspecified atom stereocenters. The molecule has 0 saturated heterocycles. The van der Waals surface area contributed by atoms with Gasteiger partial charge in [0.2, 0.25) is 0 Å². The highest BCUT2D eigenvalue weighted by Gasteiger charge is 2.16. The van der Waals surface area contributed by atoms with Gasteiger partial charge in [-0.3, -0.25) is 0 Å². The Morgan fingerprint density at radius 1 is 1.19 bits per heavy atom. The first kappa shape index (κ1) is 24.1. The van der Waals surface area contributed by atoms with Gasteiger partial charge in [-0.15, -0.1) is 24.0 Å². The predicted octanol–water partition coefficient (Wildman–Crippen LogP) is 2.84. The molecule has 1 aliphatic heterocycles. The van der Waals surface area contributed by atoms with Gasteiger partial charge in [-0.25, -0.2) is 4.99 Å². The Labute approximate surface area is 183 Å². The van der Waals surface area contributed by atoms with Crippen LogP contribution in [0.25, 0.3) is 0 Å². The molecule has 0 aromatic heterocycles. The molecule has 0 bridgehead atoms. The number of guanidine groups is 1. The lowest BCUT2D eigenvalue weighted by Gasteiger charge is -2.20. The van der Waals surface area contributed by atoms with E-state index >= 15 is 0 Å². The number of rotatable bonds is 10. The number of halogens is 2. The van der Waals surface area contributed by atoms with Gasteiger partial charge in [0.05, 0.1) is 24.8 Å². The maximum absolute atomic E-state index is 6.27. The Kier molecular flexibility index (Phi) is 12.6. The Balaban J connectivity index is 0.00000364. The van der Waals surface area contributed by atoms with Crippen LogP contribution in [0.3, 0.4) is 0 Å². The largest absolute Gasteiger partial charge is 0.486 e. The van der Waals surface area contributed by atoms with Crippen molar-refractivity contribution >= 4 is 41.5 Å². The number of hydrogen-bond donors (Lipinski definition) is 2. The number of benzene rings is 1. The zero-order valence-corrected chi connectivity index (χ0v) is 19.0. The maximum Gasteiger partial charge on any atom is 0.191 e. The summed E-state index contributed by atoms with van der Waals surface area (Å²) in [7, 11) is 1.67. The third-order valence-corrected chi connectivity index (χ3v) is 3.89. The molecule has 0 atom stereocenters. The van der Waals surface area contributed by atoms with Crippen molar-refractivity contribution in [2.75, 3.05) is 53.2 Å². The molecule has 0 amide bonds. The summed E-state index contributed by atoms with van der Waals surface area (Å²) in [5.74, 6) is 2.06. The SMILES string of the molecule is CCNC(=NCc1cc(Cl)c2c(c1)OCCO2)NCCCOCCOC.I. The second-order valence-corrected chi connectivity index (χ2v) is 6.09. The molecule has 2 N–H and O–H groups in total. The first-order valence-corrected chi connectivity index (χ1v) is 9.29. The molecule has 0 radical (unpaired) electrons. The average Bonchev–Trinajstić information content (AvgIpc) is 2.65. The highest BCUT2D eigenvalue weighted by molar-refractivity contribution is 14.0. The average molecular weight is 514 g/mol. The topological polar surface area (TPSA) is 73.3 Å². The van der Waals surface area contributed by atoms with E-state index in [0.717, 1.165) is 31.0 Å². The van der Waals surface area contributed by atoms with Gasteiger partial charge in [0.15, 0.2) is 17.5 Å². The molecule has 1 aliphatic rings. The van der Waals surface area contributed by atoms with Crippen LogP contribution in [0.1, 0.15) is 18.9 Å². The fourth-order valence-electron chi connectivity index (χ4n) is 2.39. The first-order valence-electron chi connectivity index (χ1n) is 8.91. The minimum atomic E-state index is 0. The van der Waals surface area contributed by atoms with Gasteiger partial charge < -0.3 is 29.6 Å². The van der Waals surface area contributed by atoms with Crippen LogP contribution in [0.15, 0.2) is 17.1 Å². The predicted molar refractivity (Wildman–Crippen MR) is 118 cm³/mol. The molecule has 0 aliphatic carbocycles. The Hall–Kier alpha value is -0.970. The summed E-state index contributed by atoms with van der Waals surface area (Å²) in [5, 5.41) is 7.08. The van der Waals surface area contributed by atoms with Crippen molar-refractivity contribution in [1.82, 2.24) is 10.6 Å². The Morgan fingerprint density at radius 3 is 2.78 bits per heavy atom. The fraction of sp³-hybridized carbons (Fsp3) is 0.611. The normalized spacial score (nSPS) is 13.1. The van der Waals surface area contributed by atoms with Crippen molar-refractivity contribution in [1.29, 1.82) is 0 Å². The van der Waals surface area contributed by atoms with E-state index in [1.165, 1.54) is 0 Å². The maximum atomic E-state index is 6.27. The van der Waals surface area contributed by atoms with E-state index in [1.54, 1.807) is 7.11 Å². The van der Waals surface area contributed by atoms with E-state index in [9.17, 15) is 0 Å².